The molecule has 0 aliphatic heterocycles. The third-order valence-corrected chi connectivity index (χ3v) is 1.22. The summed E-state index contributed by atoms with van der Waals surface area (Å²) in [5, 5.41) is 0. The zero-order valence-electron chi connectivity index (χ0n) is 5.74. The van der Waals surface area contributed by atoms with Crippen molar-refractivity contribution in [3.05, 3.63) is 29.1 Å². The molecule has 0 N–H and O–H groups in total. The quantitative estimate of drug-likeness (QED) is 0.574. The summed E-state index contributed by atoms with van der Waals surface area (Å²) in [5.74, 6) is 0.699. The summed E-state index contributed by atoms with van der Waals surface area (Å²) in [5.41, 5.74) is 0.671. The molecule has 0 aliphatic rings. The molecular weight excluding hydrogens is 126 g/mol. The average molecular weight is 134 g/mol. The Hall–Kier alpha value is -1.49. The van der Waals surface area contributed by atoms with Crippen molar-refractivity contribution in [2.24, 2.45) is 0 Å². The van der Waals surface area contributed by atoms with E-state index in [0.29, 0.717) is 11.4 Å². The lowest BCUT2D eigenvalue weighted by Crippen LogP contribution is -1.80. The maximum atomic E-state index is 5.07. The highest BCUT2D eigenvalue weighted by Gasteiger charge is 2.06. The molecule has 0 heterocycles. The Morgan fingerprint density at radius 3 is 2.60 bits per heavy atom. The predicted molar refractivity (Wildman–Crippen MR) is 41.0 cm³/mol. The van der Waals surface area contributed by atoms with Crippen LogP contribution in [0, 0.1) is 6.57 Å². The van der Waals surface area contributed by atoms with Gasteiger partial charge in [-0.3, -0.25) is 0 Å². The van der Waals surface area contributed by atoms with Gasteiger partial charge in [0, 0.05) is 6.07 Å². The molecule has 1 rings (SSSR count). The molecule has 0 bridgehead atoms. The van der Waals surface area contributed by atoms with E-state index in [4.69, 9.17) is 11.3 Å². The topological polar surface area (TPSA) is 13.6 Å². The highest BCUT2D eigenvalue weighted by Crippen LogP contribution is 2.25. The van der Waals surface area contributed by atoms with Gasteiger partial charge < -0.3 is 4.74 Å². The van der Waals surface area contributed by atoms with Crippen LogP contribution in [0.3, 0.4) is 0 Å². The molecular formula is C8H8NO+. The Balaban J connectivity index is 3.12. The van der Waals surface area contributed by atoms with Crippen molar-refractivity contribution >= 4 is 5.69 Å². The standard InChI is InChI=1S/C8H8NO/c1-9-7-5-3-4-6-8(7)10-2/h1,3-6H,2H3/q+1. The second-order valence-electron chi connectivity index (χ2n) is 1.80. The van der Waals surface area contributed by atoms with Crippen molar-refractivity contribution in [3.63, 3.8) is 0 Å². The van der Waals surface area contributed by atoms with Gasteiger partial charge in [-0.25, -0.2) is 0 Å². The lowest BCUT2D eigenvalue weighted by atomic mass is 10.3. The van der Waals surface area contributed by atoms with E-state index in [1.807, 2.05) is 18.2 Å². The number of hydrogen-bond donors (Lipinski definition) is 0. The first-order valence-electron chi connectivity index (χ1n) is 2.92. The van der Waals surface area contributed by atoms with E-state index in [-0.39, 0.29) is 0 Å². The molecule has 0 saturated heterocycles. The molecule has 10 heavy (non-hydrogen) atoms. The van der Waals surface area contributed by atoms with Crippen molar-refractivity contribution in [1.29, 1.82) is 0 Å². The van der Waals surface area contributed by atoms with Crippen molar-refractivity contribution in [2.45, 2.75) is 0 Å². The normalized spacial score (nSPS) is 8.40. The lowest BCUT2D eigenvalue weighted by molar-refractivity contribution is 0.417. The smallest absolute Gasteiger partial charge is 0.381 e. The van der Waals surface area contributed by atoms with Gasteiger partial charge in [-0.1, -0.05) is 12.1 Å². The largest absolute Gasteiger partial charge is 0.489 e. The number of nitrogens with zero attached hydrogens (tertiary/aromatic N) is 1. The van der Waals surface area contributed by atoms with E-state index in [1.54, 1.807) is 13.2 Å². The average Bonchev–Trinajstić information content (AvgIpc) is 2.04. The van der Waals surface area contributed by atoms with Crippen LogP contribution in [-0.4, -0.2) is 7.11 Å². The molecule has 1 aromatic rings. The Morgan fingerprint density at radius 2 is 2.10 bits per heavy atom. The van der Waals surface area contributed by atoms with Gasteiger partial charge in [0.05, 0.1) is 7.11 Å². The number of benzene rings is 1. The Morgan fingerprint density at radius 1 is 1.40 bits per heavy atom. The summed E-state index contributed by atoms with van der Waals surface area (Å²) in [6.07, 6.45) is 0. The Labute approximate surface area is 59.9 Å². The van der Waals surface area contributed by atoms with Crippen LogP contribution in [0.25, 0.3) is 4.85 Å². The third-order valence-electron chi connectivity index (χ3n) is 1.22. The molecule has 50 valence electrons. The lowest BCUT2D eigenvalue weighted by Gasteiger charge is -1.92. The van der Waals surface area contributed by atoms with Crippen LogP contribution in [0.15, 0.2) is 24.3 Å². The van der Waals surface area contributed by atoms with Crippen molar-refractivity contribution in [1.82, 2.24) is 0 Å². The molecule has 1 aromatic carbocycles. The van der Waals surface area contributed by atoms with Crippen molar-refractivity contribution < 1.29 is 4.74 Å². The first-order chi connectivity index (χ1) is 4.88. The molecule has 0 aliphatic carbocycles. The van der Waals surface area contributed by atoms with Gasteiger partial charge in [-0.05, 0) is 10.9 Å². The van der Waals surface area contributed by atoms with Crippen molar-refractivity contribution in [3.8, 4) is 12.3 Å². The SMILES string of the molecule is C#[N+]c1ccccc1OC. The van der Waals surface area contributed by atoms with E-state index < -0.39 is 0 Å². The monoisotopic (exact) mass is 134 g/mol. The number of methoxy groups -OCH3 is 1. The van der Waals surface area contributed by atoms with Crippen LogP contribution in [-0.2, 0) is 0 Å². The third kappa shape index (κ3) is 1.08. The number of para-hydroxylation sites is 2. The highest BCUT2D eigenvalue weighted by atomic mass is 16.5. The van der Waals surface area contributed by atoms with Gasteiger partial charge in [-0.2, -0.15) is 0 Å². The Kier molecular flexibility index (Phi) is 1.91. The molecule has 0 fully saturated rings. The zero-order chi connectivity index (χ0) is 7.40. The molecule has 0 saturated carbocycles. The Bertz CT molecular complexity index is 262. The maximum Gasteiger partial charge on any atom is 0.381 e. The molecule has 2 nitrogen and oxygen atoms in total. The van der Waals surface area contributed by atoms with Crippen LogP contribution in [0.4, 0.5) is 5.69 Å². The molecule has 0 radical (unpaired) electrons. The predicted octanol–water partition coefficient (Wildman–Crippen LogP) is 2.29. The first kappa shape index (κ1) is 6.63. The number of hydrogen-bond acceptors (Lipinski definition) is 1. The van der Waals surface area contributed by atoms with Crippen LogP contribution in [0.5, 0.6) is 5.75 Å². The highest BCUT2D eigenvalue weighted by molar-refractivity contribution is 5.57. The van der Waals surface area contributed by atoms with E-state index in [1.165, 1.54) is 0 Å². The molecule has 0 atom stereocenters. The molecule has 2 heteroatoms. The number of rotatable bonds is 1. The van der Waals surface area contributed by atoms with E-state index in [2.05, 4.69) is 4.85 Å². The van der Waals surface area contributed by atoms with Gasteiger partial charge >= 0.3 is 5.69 Å². The molecule has 0 amide bonds. The summed E-state index contributed by atoms with van der Waals surface area (Å²) in [6.45, 7) is 5.07. The zero-order valence-corrected chi connectivity index (χ0v) is 5.74. The minimum atomic E-state index is 0.671. The minimum Gasteiger partial charge on any atom is -0.489 e. The van der Waals surface area contributed by atoms with Gasteiger partial charge in [0.2, 0.25) is 5.75 Å². The van der Waals surface area contributed by atoms with E-state index >= 15 is 0 Å². The van der Waals surface area contributed by atoms with Crippen LogP contribution < -0.4 is 4.74 Å². The second-order valence-corrected chi connectivity index (χ2v) is 1.80. The minimum absolute atomic E-state index is 0.671. The van der Waals surface area contributed by atoms with Crippen LogP contribution in [0.2, 0.25) is 0 Å². The van der Waals surface area contributed by atoms with Gasteiger partial charge in [0.1, 0.15) is 0 Å². The summed E-state index contributed by atoms with van der Waals surface area (Å²) in [7, 11) is 1.59. The van der Waals surface area contributed by atoms with Gasteiger partial charge in [0.25, 0.3) is 6.57 Å². The summed E-state index contributed by atoms with van der Waals surface area (Å²) in [6, 6.07) is 7.33. The summed E-state index contributed by atoms with van der Waals surface area (Å²) in [4.78, 5) is 3.52. The molecule has 0 spiro atoms. The van der Waals surface area contributed by atoms with Crippen LogP contribution in [0.1, 0.15) is 0 Å². The summed E-state index contributed by atoms with van der Waals surface area (Å²) < 4.78 is 4.96. The second kappa shape index (κ2) is 2.88. The van der Waals surface area contributed by atoms with Gasteiger partial charge in [-0.15, -0.1) is 0 Å². The molecule has 0 unspecified atom stereocenters. The van der Waals surface area contributed by atoms with E-state index in [0.717, 1.165) is 0 Å². The fraction of sp³-hybridized carbons (Fsp3) is 0.125. The van der Waals surface area contributed by atoms with Gasteiger partial charge in [0.15, 0.2) is 0 Å². The fourth-order valence-corrected chi connectivity index (χ4v) is 0.736. The maximum absolute atomic E-state index is 5.07. The fourth-order valence-electron chi connectivity index (χ4n) is 0.736. The first-order valence-corrected chi connectivity index (χ1v) is 2.92. The molecule has 0 aromatic heterocycles. The number of ether oxygens (including phenoxy) is 1. The van der Waals surface area contributed by atoms with Crippen molar-refractivity contribution in [2.75, 3.05) is 7.11 Å². The van der Waals surface area contributed by atoms with E-state index in [9.17, 15) is 0 Å². The van der Waals surface area contributed by atoms with Crippen LogP contribution >= 0.6 is 0 Å². The summed E-state index contributed by atoms with van der Waals surface area (Å²) >= 11 is 0.